The summed E-state index contributed by atoms with van der Waals surface area (Å²) in [5.74, 6) is 0.0846. The maximum Gasteiger partial charge on any atom is 0.416 e. The Kier molecular flexibility index (Phi) is 4.29. The number of hydrogen-bond acceptors (Lipinski definition) is 3. The van der Waals surface area contributed by atoms with Crippen LogP contribution in [-0.2, 0) is 10.9 Å². The van der Waals surface area contributed by atoms with Crippen molar-refractivity contribution in [3.05, 3.63) is 70.3 Å². The lowest BCUT2D eigenvalue weighted by molar-refractivity contribution is -0.137. The van der Waals surface area contributed by atoms with Crippen molar-refractivity contribution in [2.75, 3.05) is 13.7 Å². The predicted octanol–water partition coefficient (Wildman–Crippen LogP) is 4.62. The summed E-state index contributed by atoms with van der Waals surface area (Å²) in [4.78, 5) is 11.8. The highest BCUT2D eigenvalue weighted by Crippen LogP contribution is 2.38. The van der Waals surface area contributed by atoms with Crippen LogP contribution in [0.15, 0.2) is 42.5 Å². The molecule has 130 valence electrons. The van der Waals surface area contributed by atoms with Crippen molar-refractivity contribution in [1.29, 1.82) is 0 Å². The summed E-state index contributed by atoms with van der Waals surface area (Å²) < 4.78 is 48.9. The number of hydrogen-bond donors (Lipinski definition) is 0. The van der Waals surface area contributed by atoms with Gasteiger partial charge in [0.15, 0.2) is 0 Å². The minimum atomic E-state index is -4.39. The molecule has 0 fully saturated rings. The molecule has 0 saturated carbocycles. The number of halogens is 3. The second-order valence-corrected chi connectivity index (χ2v) is 5.66. The van der Waals surface area contributed by atoms with E-state index < -0.39 is 17.7 Å². The Labute approximate surface area is 142 Å². The van der Waals surface area contributed by atoms with Crippen molar-refractivity contribution in [2.24, 2.45) is 0 Å². The van der Waals surface area contributed by atoms with Crippen LogP contribution in [0.25, 0.3) is 5.57 Å². The van der Waals surface area contributed by atoms with Crippen LogP contribution in [0.3, 0.4) is 0 Å². The molecule has 2 aromatic carbocycles. The van der Waals surface area contributed by atoms with E-state index >= 15 is 0 Å². The highest BCUT2D eigenvalue weighted by Gasteiger charge is 2.31. The molecule has 1 aliphatic rings. The Morgan fingerprint density at radius 3 is 2.52 bits per heavy atom. The summed E-state index contributed by atoms with van der Waals surface area (Å²) in [5.41, 5.74) is 2.21. The van der Waals surface area contributed by atoms with E-state index in [1.807, 2.05) is 0 Å². The molecule has 0 N–H and O–H groups in total. The van der Waals surface area contributed by atoms with Crippen molar-refractivity contribution in [3.8, 4) is 5.75 Å². The average Bonchev–Trinajstić information content (AvgIpc) is 2.59. The van der Waals surface area contributed by atoms with Gasteiger partial charge in [-0.05, 0) is 60.0 Å². The van der Waals surface area contributed by atoms with E-state index in [0.29, 0.717) is 34.6 Å². The van der Waals surface area contributed by atoms with E-state index in [9.17, 15) is 18.0 Å². The topological polar surface area (TPSA) is 35.5 Å². The third kappa shape index (κ3) is 3.24. The zero-order valence-corrected chi connectivity index (χ0v) is 13.6. The SMILES string of the molecule is COC(=O)c1ccc2c(c1)C(c1ccc(C(F)(F)F)cc1C)=CCO2. The number of methoxy groups -OCH3 is 1. The molecule has 2 aromatic rings. The van der Waals surface area contributed by atoms with Crippen molar-refractivity contribution in [3.63, 3.8) is 0 Å². The number of aryl methyl sites for hydroxylation is 1. The molecule has 3 rings (SSSR count). The Morgan fingerprint density at radius 2 is 1.88 bits per heavy atom. The number of carbonyl (C=O) groups is 1. The van der Waals surface area contributed by atoms with Crippen LogP contribution in [0, 0.1) is 6.92 Å². The molecular formula is C19H15F3O3. The normalized spacial score (nSPS) is 13.6. The van der Waals surface area contributed by atoms with Crippen molar-refractivity contribution >= 4 is 11.5 Å². The molecule has 6 heteroatoms. The van der Waals surface area contributed by atoms with Crippen LogP contribution in [-0.4, -0.2) is 19.7 Å². The van der Waals surface area contributed by atoms with Gasteiger partial charge in [0, 0.05) is 5.56 Å². The number of rotatable bonds is 2. The highest BCUT2D eigenvalue weighted by molar-refractivity contribution is 5.93. The third-order valence-corrected chi connectivity index (χ3v) is 4.06. The van der Waals surface area contributed by atoms with E-state index in [1.54, 1.807) is 31.2 Å². The van der Waals surface area contributed by atoms with E-state index in [2.05, 4.69) is 0 Å². The Hall–Kier alpha value is -2.76. The summed E-state index contributed by atoms with van der Waals surface area (Å²) in [5, 5.41) is 0. The molecule has 25 heavy (non-hydrogen) atoms. The van der Waals surface area contributed by atoms with E-state index in [-0.39, 0.29) is 0 Å². The van der Waals surface area contributed by atoms with Crippen molar-refractivity contribution in [1.82, 2.24) is 0 Å². The molecule has 0 unspecified atom stereocenters. The molecule has 0 atom stereocenters. The second kappa shape index (κ2) is 6.27. The highest BCUT2D eigenvalue weighted by atomic mass is 19.4. The molecule has 0 aromatic heterocycles. The number of esters is 1. The van der Waals surface area contributed by atoms with Crippen molar-refractivity contribution in [2.45, 2.75) is 13.1 Å². The largest absolute Gasteiger partial charge is 0.489 e. The summed E-state index contributed by atoms with van der Waals surface area (Å²) in [6.07, 6.45) is -2.59. The Morgan fingerprint density at radius 1 is 1.12 bits per heavy atom. The van der Waals surface area contributed by atoms with Crippen LogP contribution in [0.4, 0.5) is 13.2 Å². The molecule has 3 nitrogen and oxygen atoms in total. The van der Waals surface area contributed by atoms with E-state index in [1.165, 1.54) is 13.2 Å². The summed E-state index contributed by atoms with van der Waals surface area (Å²) >= 11 is 0. The molecule has 0 saturated heterocycles. The first-order chi connectivity index (χ1) is 11.8. The van der Waals surface area contributed by atoms with E-state index in [4.69, 9.17) is 9.47 Å². The monoisotopic (exact) mass is 348 g/mol. The second-order valence-electron chi connectivity index (χ2n) is 5.66. The third-order valence-electron chi connectivity index (χ3n) is 4.06. The first-order valence-corrected chi connectivity index (χ1v) is 7.55. The molecule has 0 amide bonds. The molecule has 0 aliphatic carbocycles. The summed E-state index contributed by atoms with van der Waals surface area (Å²) in [6, 6.07) is 8.51. The Bertz CT molecular complexity index is 867. The number of fused-ring (bicyclic) bond motifs is 1. The predicted molar refractivity (Wildman–Crippen MR) is 86.5 cm³/mol. The van der Waals surface area contributed by atoms with Crippen LogP contribution >= 0.6 is 0 Å². The van der Waals surface area contributed by atoms with Gasteiger partial charge in [0.25, 0.3) is 0 Å². The maximum atomic E-state index is 12.9. The minimum absolute atomic E-state index is 0.306. The smallest absolute Gasteiger partial charge is 0.416 e. The fourth-order valence-corrected chi connectivity index (χ4v) is 2.83. The molecule has 0 radical (unpaired) electrons. The fraction of sp³-hybridized carbons (Fsp3) is 0.211. The standard InChI is InChI=1S/C19H15F3O3/c1-11-9-13(19(20,21)22)4-5-14(11)15-7-8-25-17-6-3-12(10-16(15)17)18(23)24-2/h3-7,9-10H,8H2,1-2H3. The van der Waals surface area contributed by atoms with Gasteiger partial charge in [-0.1, -0.05) is 6.07 Å². The average molecular weight is 348 g/mol. The van der Waals surface area contributed by atoms with Gasteiger partial charge < -0.3 is 9.47 Å². The first kappa shape index (κ1) is 17.1. The molecule has 0 bridgehead atoms. The lowest BCUT2D eigenvalue weighted by atomic mass is 9.90. The van der Waals surface area contributed by atoms with Crippen LogP contribution in [0.1, 0.15) is 32.6 Å². The van der Waals surface area contributed by atoms with Crippen molar-refractivity contribution < 1.29 is 27.4 Å². The van der Waals surface area contributed by atoms with Crippen LogP contribution in [0.5, 0.6) is 5.75 Å². The number of ether oxygens (including phenoxy) is 2. The lowest BCUT2D eigenvalue weighted by Gasteiger charge is -2.21. The quantitative estimate of drug-likeness (QED) is 0.743. The van der Waals surface area contributed by atoms with Gasteiger partial charge in [-0.15, -0.1) is 0 Å². The number of benzene rings is 2. The van der Waals surface area contributed by atoms with Gasteiger partial charge in [-0.3, -0.25) is 0 Å². The molecule has 1 aliphatic heterocycles. The number of alkyl halides is 3. The fourth-order valence-electron chi connectivity index (χ4n) is 2.83. The van der Waals surface area contributed by atoms with Gasteiger partial charge >= 0.3 is 12.1 Å². The first-order valence-electron chi connectivity index (χ1n) is 7.55. The van der Waals surface area contributed by atoms with Gasteiger partial charge in [-0.25, -0.2) is 4.79 Å². The van der Waals surface area contributed by atoms with E-state index in [0.717, 1.165) is 17.7 Å². The summed E-state index contributed by atoms with van der Waals surface area (Å²) in [6.45, 7) is 1.94. The van der Waals surface area contributed by atoms with Crippen LogP contribution in [0.2, 0.25) is 0 Å². The van der Waals surface area contributed by atoms with Gasteiger partial charge in [0.1, 0.15) is 12.4 Å². The van der Waals surface area contributed by atoms with Gasteiger partial charge in [-0.2, -0.15) is 13.2 Å². The molecular weight excluding hydrogens is 333 g/mol. The molecule has 1 heterocycles. The summed E-state index contributed by atoms with van der Waals surface area (Å²) in [7, 11) is 1.29. The Balaban J connectivity index is 2.08. The number of carbonyl (C=O) groups excluding carboxylic acids is 1. The van der Waals surface area contributed by atoms with Gasteiger partial charge in [0.05, 0.1) is 18.2 Å². The zero-order chi connectivity index (χ0) is 18.2. The minimum Gasteiger partial charge on any atom is -0.489 e. The lowest BCUT2D eigenvalue weighted by Crippen LogP contribution is -2.10. The maximum absolute atomic E-state index is 12.9. The zero-order valence-electron chi connectivity index (χ0n) is 13.6. The molecule has 0 spiro atoms. The van der Waals surface area contributed by atoms with Gasteiger partial charge in [0.2, 0.25) is 0 Å². The van der Waals surface area contributed by atoms with Crippen LogP contribution < -0.4 is 4.74 Å².